The third-order valence-corrected chi connectivity index (χ3v) is 4.49. The van der Waals surface area contributed by atoms with Crippen molar-refractivity contribution in [3.05, 3.63) is 59.2 Å². The van der Waals surface area contributed by atoms with E-state index in [0.717, 1.165) is 19.3 Å². The van der Waals surface area contributed by atoms with Gasteiger partial charge in [0.05, 0.1) is 6.61 Å². The molecule has 8 heteroatoms. The molecule has 0 saturated heterocycles. The fourth-order valence-corrected chi connectivity index (χ4v) is 2.69. The topological polar surface area (TPSA) is 148 Å². The Kier molecular flexibility index (Phi) is 12.2. The van der Waals surface area contributed by atoms with Crippen LogP contribution in [0.2, 0.25) is 0 Å². The van der Waals surface area contributed by atoms with E-state index in [-0.39, 0.29) is 28.4 Å². The average molecular weight is 456 g/mol. The number of hydrogen-bond donors (Lipinski definition) is 4. The van der Waals surface area contributed by atoms with Crippen LogP contribution in [-0.4, -0.2) is 39.0 Å². The van der Waals surface area contributed by atoms with Crippen LogP contribution in [0.4, 0.5) is 0 Å². The number of phenolic OH excluding ortho intramolecular Hbond substituents is 3. The van der Waals surface area contributed by atoms with Crippen molar-refractivity contribution < 1.29 is 34.8 Å². The van der Waals surface area contributed by atoms with Crippen LogP contribution in [0.3, 0.4) is 0 Å². The summed E-state index contributed by atoms with van der Waals surface area (Å²) in [6.07, 6.45) is 7.94. The molecule has 0 fully saturated rings. The summed E-state index contributed by atoms with van der Waals surface area (Å²) in [6.45, 7) is 2.52. The molecular weight excluding hydrogens is 426 g/mol. The summed E-state index contributed by atoms with van der Waals surface area (Å²) in [6, 6.07) is 11.3. The first-order chi connectivity index (χ1) is 15.8. The Labute approximate surface area is 193 Å². The highest BCUT2D eigenvalue weighted by Crippen LogP contribution is 2.22. The first-order valence-corrected chi connectivity index (χ1v) is 10.6. The summed E-state index contributed by atoms with van der Waals surface area (Å²) < 4.78 is 5.06. The van der Waals surface area contributed by atoms with E-state index in [2.05, 4.69) is 6.92 Å². The molecule has 4 N–H and O–H groups in total. The van der Waals surface area contributed by atoms with Crippen LogP contribution in [0.15, 0.2) is 48.0 Å². The third kappa shape index (κ3) is 10.7. The third-order valence-electron chi connectivity index (χ3n) is 4.49. The van der Waals surface area contributed by atoms with Gasteiger partial charge in [-0.1, -0.05) is 51.2 Å². The Hall–Kier alpha value is -3.99. The van der Waals surface area contributed by atoms with Gasteiger partial charge in [0.2, 0.25) is 0 Å². The van der Waals surface area contributed by atoms with E-state index in [0.29, 0.717) is 12.2 Å². The molecule has 2 aromatic rings. The zero-order valence-corrected chi connectivity index (χ0v) is 18.5. The largest absolute Gasteiger partial charge is 0.508 e. The van der Waals surface area contributed by atoms with Gasteiger partial charge in [-0.25, -0.2) is 9.59 Å². The van der Waals surface area contributed by atoms with Gasteiger partial charge in [-0.05, 0) is 48.4 Å². The van der Waals surface area contributed by atoms with Gasteiger partial charge in [0.15, 0.2) is 0 Å². The second-order valence-corrected chi connectivity index (χ2v) is 7.17. The minimum atomic E-state index is -1.26. The van der Waals surface area contributed by atoms with Gasteiger partial charge >= 0.3 is 11.9 Å². The van der Waals surface area contributed by atoms with E-state index in [9.17, 15) is 19.8 Å². The lowest BCUT2D eigenvalue weighted by molar-refractivity contribution is -0.132. The molecule has 0 spiro atoms. The predicted octanol–water partition coefficient (Wildman–Crippen LogP) is 5.00. The second-order valence-electron chi connectivity index (χ2n) is 7.17. The van der Waals surface area contributed by atoms with Crippen LogP contribution in [0.1, 0.15) is 61.4 Å². The molecule has 176 valence electrons. The number of aliphatic carboxylic acids is 1. The number of hydrogen-bond acceptors (Lipinski definition) is 7. The lowest BCUT2D eigenvalue weighted by Crippen LogP contribution is -2.06. The van der Waals surface area contributed by atoms with Crippen LogP contribution in [0.5, 0.6) is 17.2 Å². The minimum Gasteiger partial charge on any atom is -0.508 e. The van der Waals surface area contributed by atoms with Crippen molar-refractivity contribution in [3.63, 3.8) is 0 Å². The van der Waals surface area contributed by atoms with Crippen molar-refractivity contribution in [3.8, 4) is 23.3 Å². The van der Waals surface area contributed by atoms with Crippen molar-refractivity contribution >= 4 is 18.0 Å². The van der Waals surface area contributed by atoms with Crippen molar-refractivity contribution in [1.82, 2.24) is 0 Å². The van der Waals surface area contributed by atoms with Gasteiger partial charge in [-0.3, -0.25) is 0 Å². The standard InChI is InChI=1S/C15H22O4.C10H7NO3/c1-2-3-4-5-6-7-10-19-15(18)13-11-12(16)8-9-14(13)17;11-6-8(10(13)14)5-7-1-3-9(12)4-2-7/h8-9,11,16-17H,2-7,10H2,1H3;1-5,12H,(H,13,14)/b;8-5+. The van der Waals surface area contributed by atoms with Crippen molar-refractivity contribution in [1.29, 1.82) is 5.26 Å². The first-order valence-electron chi connectivity index (χ1n) is 10.6. The predicted molar refractivity (Wildman–Crippen MR) is 123 cm³/mol. The van der Waals surface area contributed by atoms with Gasteiger partial charge in [0, 0.05) is 0 Å². The van der Waals surface area contributed by atoms with Crippen molar-refractivity contribution in [2.75, 3.05) is 6.61 Å². The molecule has 2 rings (SSSR count). The Balaban J connectivity index is 0.000000346. The summed E-state index contributed by atoms with van der Waals surface area (Å²) in [5.41, 5.74) is 0.225. The number of carbonyl (C=O) groups excluding carboxylic acids is 1. The molecule has 0 aliphatic rings. The summed E-state index contributed by atoms with van der Waals surface area (Å²) in [5.74, 6) is -2.01. The summed E-state index contributed by atoms with van der Waals surface area (Å²) in [7, 11) is 0. The number of benzene rings is 2. The first kappa shape index (κ1) is 27.0. The number of carboxylic acid groups (broad SMARTS) is 1. The van der Waals surface area contributed by atoms with Crippen LogP contribution >= 0.6 is 0 Å². The van der Waals surface area contributed by atoms with E-state index in [1.165, 1.54) is 67.8 Å². The van der Waals surface area contributed by atoms with Gasteiger partial charge in [-0.2, -0.15) is 5.26 Å². The van der Waals surface area contributed by atoms with E-state index < -0.39 is 11.9 Å². The van der Waals surface area contributed by atoms with Crippen molar-refractivity contribution in [2.24, 2.45) is 0 Å². The second kappa shape index (κ2) is 14.9. The van der Waals surface area contributed by atoms with Crippen LogP contribution in [0, 0.1) is 11.3 Å². The maximum Gasteiger partial charge on any atom is 0.346 e. The molecule has 0 heterocycles. The number of phenols is 3. The Morgan fingerprint density at radius 2 is 1.55 bits per heavy atom. The fourth-order valence-electron chi connectivity index (χ4n) is 2.69. The summed E-state index contributed by atoms with van der Waals surface area (Å²) in [5, 5.41) is 44.7. The number of carboxylic acids is 1. The number of rotatable bonds is 10. The highest BCUT2D eigenvalue weighted by atomic mass is 16.5. The molecule has 0 radical (unpaired) electrons. The number of carbonyl (C=O) groups is 2. The Morgan fingerprint density at radius 1 is 0.939 bits per heavy atom. The molecule has 0 saturated carbocycles. The highest BCUT2D eigenvalue weighted by molar-refractivity contribution is 5.96. The van der Waals surface area contributed by atoms with Gasteiger partial charge in [-0.15, -0.1) is 0 Å². The van der Waals surface area contributed by atoms with Crippen LogP contribution in [-0.2, 0) is 9.53 Å². The molecule has 0 aromatic heterocycles. The molecule has 0 bridgehead atoms. The number of esters is 1. The SMILES string of the molecule is CCCCCCCCOC(=O)c1cc(O)ccc1O.N#C/C(=C\c1ccc(O)cc1)C(=O)O. The summed E-state index contributed by atoms with van der Waals surface area (Å²) in [4.78, 5) is 22.1. The summed E-state index contributed by atoms with van der Waals surface area (Å²) >= 11 is 0. The molecule has 0 aliphatic carbocycles. The number of nitriles is 1. The zero-order valence-electron chi connectivity index (χ0n) is 18.5. The molecular formula is C25H29NO7. The van der Waals surface area contributed by atoms with E-state index in [1.54, 1.807) is 6.07 Å². The normalized spacial score (nSPS) is 10.5. The number of ether oxygens (including phenoxy) is 1. The number of unbranched alkanes of at least 4 members (excludes halogenated alkanes) is 5. The number of aromatic hydroxyl groups is 3. The minimum absolute atomic E-state index is 0.00554. The van der Waals surface area contributed by atoms with Gasteiger partial charge < -0.3 is 25.2 Å². The van der Waals surface area contributed by atoms with E-state index in [1.807, 2.05) is 0 Å². The smallest absolute Gasteiger partial charge is 0.346 e. The zero-order chi connectivity index (χ0) is 24.6. The molecule has 2 aromatic carbocycles. The average Bonchev–Trinajstić information content (AvgIpc) is 2.79. The van der Waals surface area contributed by atoms with Crippen LogP contribution in [0.25, 0.3) is 6.08 Å². The lowest BCUT2D eigenvalue weighted by atomic mass is 10.1. The van der Waals surface area contributed by atoms with Crippen LogP contribution < -0.4 is 0 Å². The molecule has 0 aliphatic heterocycles. The Morgan fingerprint density at radius 3 is 2.15 bits per heavy atom. The molecule has 0 amide bonds. The van der Waals surface area contributed by atoms with E-state index in [4.69, 9.17) is 20.2 Å². The fraction of sp³-hybridized carbons (Fsp3) is 0.320. The molecule has 33 heavy (non-hydrogen) atoms. The molecule has 8 nitrogen and oxygen atoms in total. The van der Waals surface area contributed by atoms with Crippen molar-refractivity contribution in [2.45, 2.75) is 45.4 Å². The van der Waals surface area contributed by atoms with E-state index >= 15 is 0 Å². The number of nitrogens with zero attached hydrogens (tertiary/aromatic N) is 1. The maximum absolute atomic E-state index is 11.7. The molecule has 0 unspecified atom stereocenters. The Bertz CT molecular complexity index is 975. The monoisotopic (exact) mass is 455 g/mol. The lowest BCUT2D eigenvalue weighted by Gasteiger charge is -2.06. The highest BCUT2D eigenvalue weighted by Gasteiger charge is 2.13. The van der Waals surface area contributed by atoms with Gasteiger partial charge in [0.25, 0.3) is 0 Å². The maximum atomic E-state index is 11.7. The quantitative estimate of drug-likeness (QED) is 0.129. The van der Waals surface area contributed by atoms with Gasteiger partial charge in [0.1, 0.15) is 34.5 Å². The molecule has 0 atom stereocenters.